The fourth-order valence-electron chi connectivity index (χ4n) is 3.90. The standard InChI is InChI=1S/C22H25FN2O3/c1-3-13-27-20-6-4-5-18(22(20)26-2)25-11-9-15(10-12-25)21-17-14-16(23)7-8-19(17)28-24-21/h4-8,14-15H,3,9-13H2,1-2H3. The SMILES string of the molecule is CCCOc1cccc(N2CCC(c3noc4ccc(F)cc34)CC2)c1OC. The van der Waals surface area contributed by atoms with Gasteiger partial charge in [-0.05, 0) is 49.6 Å². The van der Waals surface area contributed by atoms with Crippen molar-refractivity contribution in [2.45, 2.75) is 32.1 Å². The number of methoxy groups -OCH3 is 1. The second-order valence-electron chi connectivity index (χ2n) is 7.13. The smallest absolute Gasteiger partial charge is 0.184 e. The number of hydrogen-bond donors (Lipinski definition) is 0. The van der Waals surface area contributed by atoms with E-state index in [1.54, 1.807) is 13.2 Å². The van der Waals surface area contributed by atoms with E-state index in [0.29, 0.717) is 12.2 Å². The Labute approximate surface area is 164 Å². The fraction of sp³-hybridized carbons (Fsp3) is 0.409. The van der Waals surface area contributed by atoms with Gasteiger partial charge in [0.2, 0.25) is 0 Å². The summed E-state index contributed by atoms with van der Waals surface area (Å²) in [6.45, 7) is 4.47. The van der Waals surface area contributed by atoms with Crippen LogP contribution in [-0.2, 0) is 0 Å². The number of nitrogens with zero attached hydrogens (tertiary/aromatic N) is 2. The second-order valence-corrected chi connectivity index (χ2v) is 7.13. The monoisotopic (exact) mass is 384 g/mol. The zero-order valence-electron chi connectivity index (χ0n) is 16.3. The minimum atomic E-state index is -0.261. The van der Waals surface area contributed by atoms with E-state index in [-0.39, 0.29) is 11.7 Å². The highest BCUT2D eigenvalue weighted by Gasteiger charge is 2.27. The van der Waals surface area contributed by atoms with Gasteiger partial charge in [-0.15, -0.1) is 0 Å². The number of para-hydroxylation sites is 1. The van der Waals surface area contributed by atoms with Gasteiger partial charge in [-0.1, -0.05) is 18.1 Å². The van der Waals surface area contributed by atoms with Crippen LogP contribution in [-0.4, -0.2) is 32.0 Å². The van der Waals surface area contributed by atoms with Gasteiger partial charge in [-0.25, -0.2) is 4.39 Å². The van der Waals surface area contributed by atoms with Gasteiger partial charge in [0.05, 0.1) is 25.1 Å². The number of rotatable bonds is 6. The zero-order chi connectivity index (χ0) is 19.5. The van der Waals surface area contributed by atoms with E-state index in [1.165, 1.54) is 12.1 Å². The minimum Gasteiger partial charge on any atom is -0.491 e. The summed E-state index contributed by atoms with van der Waals surface area (Å²) in [5, 5.41) is 5.02. The number of anilines is 1. The Bertz CT molecular complexity index is 948. The zero-order valence-corrected chi connectivity index (χ0v) is 16.3. The molecular weight excluding hydrogens is 359 g/mol. The molecule has 3 aromatic rings. The van der Waals surface area contributed by atoms with Crippen molar-refractivity contribution < 1.29 is 18.4 Å². The van der Waals surface area contributed by atoms with Crippen molar-refractivity contribution in [2.24, 2.45) is 0 Å². The Kier molecular flexibility index (Phi) is 5.37. The maximum atomic E-state index is 13.7. The molecule has 0 bridgehead atoms. The van der Waals surface area contributed by atoms with Gasteiger partial charge >= 0.3 is 0 Å². The molecule has 0 unspecified atom stereocenters. The van der Waals surface area contributed by atoms with Gasteiger partial charge < -0.3 is 18.9 Å². The molecule has 148 valence electrons. The summed E-state index contributed by atoms with van der Waals surface area (Å²) in [6.07, 6.45) is 2.79. The summed E-state index contributed by atoms with van der Waals surface area (Å²) in [5.74, 6) is 1.55. The number of piperidine rings is 1. The maximum absolute atomic E-state index is 13.7. The van der Waals surface area contributed by atoms with Gasteiger partial charge in [0.15, 0.2) is 17.1 Å². The normalized spacial score (nSPS) is 15.2. The van der Waals surface area contributed by atoms with E-state index in [0.717, 1.165) is 60.6 Å². The average Bonchev–Trinajstić information content (AvgIpc) is 3.15. The number of ether oxygens (including phenoxy) is 2. The summed E-state index contributed by atoms with van der Waals surface area (Å²) in [4.78, 5) is 2.32. The van der Waals surface area contributed by atoms with Crippen molar-refractivity contribution in [3.8, 4) is 11.5 Å². The highest BCUT2D eigenvalue weighted by molar-refractivity contribution is 5.80. The van der Waals surface area contributed by atoms with E-state index in [1.807, 2.05) is 12.1 Å². The lowest BCUT2D eigenvalue weighted by Crippen LogP contribution is -2.33. The summed E-state index contributed by atoms with van der Waals surface area (Å²) in [6, 6.07) is 10.6. The third-order valence-electron chi connectivity index (χ3n) is 5.31. The second kappa shape index (κ2) is 8.09. The Morgan fingerprint density at radius 1 is 1.21 bits per heavy atom. The van der Waals surface area contributed by atoms with Crippen molar-refractivity contribution in [1.82, 2.24) is 5.16 Å². The Morgan fingerprint density at radius 2 is 2.04 bits per heavy atom. The number of benzene rings is 2. The van der Waals surface area contributed by atoms with Gasteiger partial charge in [0, 0.05) is 24.4 Å². The lowest BCUT2D eigenvalue weighted by molar-refractivity contribution is 0.294. The molecule has 28 heavy (non-hydrogen) atoms. The van der Waals surface area contributed by atoms with Crippen LogP contribution in [0, 0.1) is 5.82 Å². The summed E-state index contributed by atoms with van der Waals surface area (Å²) < 4.78 is 30.5. The Morgan fingerprint density at radius 3 is 2.79 bits per heavy atom. The topological polar surface area (TPSA) is 47.7 Å². The van der Waals surface area contributed by atoms with Crippen LogP contribution in [0.15, 0.2) is 40.9 Å². The molecule has 0 aliphatic carbocycles. The summed E-state index contributed by atoms with van der Waals surface area (Å²) >= 11 is 0. The number of fused-ring (bicyclic) bond motifs is 1. The first kappa shape index (κ1) is 18.6. The fourth-order valence-corrected chi connectivity index (χ4v) is 3.90. The third kappa shape index (κ3) is 3.51. The first-order valence-corrected chi connectivity index (χ1v) is 9.80. The van der Waals surface area contributed by atoms with Crippen molar-refractivity contribution in [3.63, 3.8) is 0 Å². The number of aromatic nitrogens is 1. The molecule has 6 heteroatoms. The molecule has 0 amide bonds. The van der Waals surface area contributed by atoms with E-state index in [9.17, 15) is 4.39 Å². The van der Waals surface area contributed by atoms with Crippen molar-refractivity contribution in [3.05, 3.63) is 47.9 Å². The van der Waals surface area contributed by atoms with Crippen LogP contribution in [0.25, 0.3) is 11.0 Å². The molecule has 2 heterocycles. The average molecular weight is 384 g/mol. The van der Waals surface area contributed by atoms with E-state index < -0.39 is 0 Å². The maximum Gasteiger partial charge on any atom is 0.184 e. The molecule has 1 aromatic heterocycles. The first-order valence-electron chi connectivity index (χ1n) is 9.80. The highest BCUT2D eigenvalue weighted by atomic mass is 19.1. The first-order chi connectivity index (χ1) is 13.7. The third-order valence-corrected chi connectivity index (χ3v) is 5.31. The predicted molar refractivity (Wildman–Crippen MR) is 107 cm³/mol. The predicted octanol–water partition coefficient (Wildman–Crippen LogP) is 5.15. The molecule has 0 spiro atoms. The molecule has 5 nitrogen and oxygen atoms in total. The van der Waals surface area contributed by atoms with Gasteiger partial charge in [0.1, 0.15) is 5.82 Å². The van der Waals surface area contributed by atoms with Crippen molar-refractivity contribution in [1.29, 1.82) is 0 Å². The summed E-state index contributed by atoms with van der Waals surface area (Å²) in [7, 11) is 1.68. The lowest BCUT2D eigenvalue weighted by Gasteiger charge is -2.34. The molecule has 1 aliphatic rings. The van der Waals surface area contributed by atoms with Gasteiger partial charge in [0.25, 0.3) is 0 Å². The largest absolute Gasteiger partial charge is 0.491 e. The van der Waals surface area contributed by atoms with Crippen LogP contribution in [0.3, 0.4) is 0 Å². The molecule has 1 fully saturated rings. The van der Waals surface area contributed by atoms with Crippen molar-refractivity contribution in [2.75, 3.05) is 31.7 Å². The van der Waals surface area contributed by atoms with Crippen LogP contribution in [0.4, 0.5) is 10.1 Å². The Balaban J connectivity index is 1.52. The van der Waals surface area contributed by atoms with E-state index >= 15 is 0 Å². The Hall–Kier alpha value is -2.76. The molecule has 0 atom stereocenters. The molecule has 0 saturated carbocycles. The molecule has 2 aromatic carbocycles. The molecule has 1 saturated heterocycles. The van der Waals surface area contributed by atoms with Gasteiger partial charge in [-0.3, -0.25) is 0 Å². The van der Waals surface area contributed by atoms with Crippen LogP contribution < -0.4 is 14.4 Å². The quantitative estimate of drug-likeness (QED) is 0.588. The highest BCUT2D eigenvalue weighted by Crippen LogP contribution is 2.41. The lowest BCUT2D eigenvalue weighted by atomic mass is 9.91. The van der Waals surface area contributed by atoms with Crippen LogP contribution in [0.5, 0.6) is 11.5 Å². The summed E-state index contributed by atoms with van der Waals surface area (Å²) in [5.41, 5.74) is 2.55. The minimum absolute atomic E-state index is 0.254. The van der Waals surface area contributed by atoms with E-state index in [4.69, 9.17) is 14.0 Å². The number of hydrogen-bond acceptors (Lipinski definition) is 5. The van der Waals surface area contributed by atoms with E-state index in [2.05, 4.69) is 23.0 Å². The molecule has 4 rings (SSSR count). The van der Waals surface area contributed by atoms with Crippen LogP contribution in [0.2, 0.25) is 0 Å². The van der Waals surface area contributed by atoms with Crippen LogP contribution in [0.1, 0.15) is 37.8 Å². The molecule has 0 radical (unpaired) electrons. The number of halogens is 1. The van der Waals surface area contributed by atoms with Gasteiger partial charge in [-0.2, -0.15) is 0 Å². The molecular formula is C22H25FN2O3. The van der Waals surface area contributed by atoms with Crippen LogP contribution >= 0.6 is 0 Å². The molecule has 1 aliphatic heterocycles. The molecule has 0 N–H and O–H groups in total. The van der Waals surface area contributed by atoms with Crippen molar-refractivity contribution >= 4 is 16.7 Å².